The molecule has 0 aliphatic carbocycles. The molecule has 0 unspecified atom stereocenters. The lowest BCUT2D eigenvalue weighted by molar-refractivity contribution is -0.149. The number of fused-ring (bicyclic) bond motifs is 6. The number of piperazine rings is 1. The van der Waals surface area contributed by atoms with Crippen molar-refractivity contribution < 1.29 is 38.2 Å². The normalized spacial score (nSPS) is 21.4. The first kappa shape index (κ1) is 38.3. The van der Waals surface area contributed by atoms with Crippen molar-refractivity contribution in [1.82, 2.24) is 20.5 Å². The Morgan fingerprint density at radius 3 is 2.26 bits per heavy atom. The van der Waals surface area contributed by atoms with Crippen molar-refractivity contribution in [2.45, 2.75) is 81.9 Å². The van der Waals surface area contributed by atoms with E-state index >= 15 is 0 Å². The largest absolute Gasteiger partial charge is 0.467 e. The van der Waals surface area contributed by atoms with Crippen molar-refractivity contribution in [3.8, 4) is 0 Å². The molecular weight excluding hydrogens is 739 g/mol. The Morgan fingerprint density at radius 2 is 1.55 bits per heavy atom. The number of aromatic nitrogens is 1. The fourth-order valence-corrected chi connectivity index (χ4v) is 8.83. The Morgan fingerprint density at radius 1 is 0.879 bits per heavy atom. The number of esters is 1. The quantitative estimate of drug-likeness (QED) is 0.123. The first-order chi connectivity index (χ1) is 27.9. The van der Waals surface area contributed by atoms with Gasteiger partial charge in [-0.25, -0.2) is 14.4 Å². The van der Waals surface area contributed by atoms with Gasteiger partial charge in [0.15, 0.2) is 0 Å². The molecule has 298 valence electrons. The van der Waals surface area contributed by atoms with Crippen LogP contribution in [0.25, 0.3) is 10.9 Å². The Hall–Kier alpha value is -6.63. The first-order valence-corrected chi connectivity index (χ1v) is 19.3. The maximum absolute atomic E-state index is 14.9. The molecule has 4 heterocycles. The van der Waals surface area contributed by atoms with Gasteiger partial charge in [-0.2, -0.15) is 0 Å². The fourth-order valence-electron chi connectivity index (χ4n) is 8.83. The van der Waals surface area contributed by atoms with E-state index in [1.165, 1.54) is 12.0 Å². The highest BCUT2D eigenvalue weighted by molar-refractivity contribution is 6.03. The highest BCUT2D eigenvalue weighted by Gasteiger charge is 2.67. The molecule has 1 aromatic heterocycles. The lowest BCUT2D eigenvalue weighted by Gasteiger charge is -2.41. The Bertz CT molecular complexity index is 2390. The van der Waals surface area contributed by atoms with Gasteiger partial charge in [-0.15, -0.1) is 0 Å². The van der Waals surface area contributed by atoms with Crippen molar-refractivity contribution in [3.63, 3.8) is 0 Å². The molecule has 3 aliphatic rings. The van der Waals surface area contributed by atoms with Crippen LogP contribution in [0.3, 0.4) is 0 Å². The summed E-state index contributed by atoms with van der Waals surface area (Å²) in [7, 11) is 1.25. The molecule has 13 heteroatoms. The van der Waals surface area contributed by atoms with E-state index in [1.807, 2.05) is 103 Å². The summed E-state index contributed by atoms with van der Waals surface area (Å²) in [6.45, 7) is 5.19. The maximum atomic E-state index is 14.9. The number of methoxy groups -OCH3 is 1. The minimum absolute atomic E-state index is 0.000810. The molecule has 0 spiro atoms. The average molecular weight is 784 g/mol. The minimum atomic E-state index is -1.11. The van der Waals surface area contributed by atoms with Crippen LogP contribution < -0.4 is 15.5 Å². The predicted molar refractivity (Wildman–Crippen MR) is 215 cm³/mol. The molecule has 0 saturated carbocycles. The van der Waals surface area contributed by atoms with E-state index in [0.717, 1.165) is 27.6 Å². The number of anilines is 1. The lowest BCUT2D eigenvalue weighted by atomic mass is 9.71. The SMILES string of the molecule is COC(=O)[C@H](Cc1c[nH]c2c([C@]34C[C@H]5C(=O)N[C@H](Cc6ccccc6)C(=O)N5[C@H]3N(C(=O)OCc3ccccc3)c3ccccc34)cccc12)NC(=O)OC(C)(C)C. The number of rotatable bonds is 9. The molecule has 0 radical (unpaired) electrons. The fraction of sp³-hybridized carbons (Fsp3) is 0.311. The van der Waals surface area contributed by atoms with Gasteiger partial charge in [0, 0.05) is 29.9 Å². The third-order valence-corrected chi connectivity index (χ3v) is 11.2. The molecule has 5 atom stereocenters. The zero-order chi connectivity index (χ0) is 40.8. The summed E-state index contributed by atoms with van der Waals surface area (Å²) in [5, 5.41) is 6.41. The topological polar surface area (TPSA) is 159 Å². The molecule has 0 bridgehead atoms. The number of nitrogens with zero attached hydrogens (tertiary/aromatic N) is 2. The highest BCUT2D eigenvalue weighted by atomic mass is 16.6. The van der Waals surface area contributed by atoms with E-state index in [9.17, 15) is 24.0 Å². The van der Waals surface area contributed by atoms with Gasteiger partial charge < -0.3 is 34.7 Å². The number of amides is 4. The van der Waals surface area contributed by atoms with Gasteiger partial charge in [-0.05, 0) is 61.1 Å². The Balaban J connectivity index is 1.24. The van der Waals surface area contributed by atoms with E-state index < -0.39 is 53.5 Å². The van der Waals surface area contributed by atoms with Crippen LogP contribution in [0.1, 0.15) is 55.0 Å². The predicted octanol–water partition coefficient (Wildman–Crippen LogP) is 5.89. The summed E-state index contributed by atoms with van der Waals surface area (Å²) in [6.07, 6.45) is -0.117. The minimum Gasteiger partial charge on any atom is -0.467 e. The highest BCUT2D eigenvalue weighted by Crippen LogP contribution is 2.59. The number of alkyl carbamates (subject to hydrolysis) is 1. The van der Waals surface area contributed by atoms with Gasteiger partial charge in [0.05, 0.1) is 18.2 Å². The van der Waals surface area contributed by atoms with Gasteiger partial charge in [0.1, 0.15) is 36.5 Å². The van der Waals surface area contributed by atoms with E-state index in [4.69, 9.17) is 14.2 Å². The second-order valence-electron chi connectivity index (χ2n) is 16.0. The number of nitrogens with one attached hydrogen (secondary N) is 3. The van der Waals surface area contributed by atoms with Crippen LogP contribution in [0.5, 0.6) is 0 Å². The van der Waals surface area contributed by atoms with Crippen LogP contribution in [-0.4, -0.2) is 76.9 Å². The Labute approximate surface area is 335 Å². The van der Waals surface area contributed by atoms with Gasteiger partial charge in [0.25, 0.3) is 0 Å². The molecule has 58 heavy (non-hydrogen) atoms. The third kappa shape index (κ3) is 6.80. The van der Waals surface area contributed by atoms with Crippen LogP contribution >= 0.6 is 0 Å². The van der Waals surface area contributed by atoms with Crippen molar-refractivity contribution in [2.75, 3.05) is 12.0 Å². The molecule has 2 fully saturated rings. The standard InChI is InChI=1S/C45H45N5O8/c1-44(2,3)58-42(54)48-34(40(53)56-4)23-29-25-46-37-30(29)18-13-20-32(37)45-24-36-38(51)47-33(22-27-14-7-5-8-15-27)39(52)49(36)41(45)50(35-21-12-11-19-31(35)45)43(55)57-26-28-16-9-6-10-17-28/h5-21,25,33-34,36,41,46H,22-24,26H2,1-4H3,(H,47,51)(H,48,54)/t33-,34+,36+,41+,45-/m1/s1. The number of aromatic amines is 1. The monoisotopic (exact) mass is 783 g/mol. The molecule has 3 aliphatic heterocycles. The molecule has 4 aromatic carbocycles. The number of ether oxygens (including phenoxy) is 3. The molecular formula is C45H45N5O8. The summed E-state index contributed by atoms with van der Waals surface area (Å²) >= 11 is 0. The third-order valence-electron chi connectivity index (χ3n) is 11.2. The summed E-state index contributed by atoms with van der Waals surface area (Å²) in [5.41, 5.74) is 3.24. The zero-order valence-corrected chi connectivity index (χ0v) is 32.7. The van der Waals surface area contributed by atoms with Crippen molar-refractivity contribution >= 4 is 46.6 Å². The first-order valence-electron chi connectivity index (χ1n) is 19.3. The molecule has 5 aromatic rings. The smallest absolute Gasteiger partial charge is 0.416 e. The summed E-state index contributed by atoms with van der Waals surface area (Å²) in [4.78, 5) is 76.0. The average Bonchev–Trinajstić information content (AvgIpc) is 3.87. The molecule has 4 amide bonds. The van der Waals surface area contributed by atoms with Crippen LogP contribution in [-0.2, 0) is 53.5 Å². The summed E-state index contributed by atoms with van der Waals surface area (Å²) in [6, 6.07) is 29.2. The number of carbonyl (C=O) groups is 5. The summed E-state index contributed by atoms with van der Waals surface area (Å²) < 4.78 is 16.5. The van der Waals surface area contributed by atoms with E-state index in [1.54, 1.807) is 31.9 Å². The molecule has 2 saturated heterocycles. The number of benzene rings is 4. The van der Waals surface area contributed by atoms with Crippen LogP contribution in [0.4, 0.5) is 15.3 Å². The number of para-hydroxylation sites is 2. The van der Waals surface area contributed by atoms with Crippen LogP contribution in [0.15, 0.2) is 109 Å². The van der Waals surface area contributed by atoms with Crippen molar-refractivity contribution in [3.05, 3.63) is 137 Å². The molecule has 13 nitrogen and oxygen atoms in total. The van der Waals surface area contributed by atoms with Crippen molar-refractivity contribution in [1.29, 1.82) is 0 Å². The van der Waals surface area contributed by atoms with Gasteiger partial charge in [-0.1, -0.05) is 97.1 Å². The van der Waals surface area contributed by atoms with E-state index in [0.29, 0.717) is 16.8 Å². The van der Waals surface area contributed by atoms with Crippen molar-refractivity contribution in [2.24, 2.45) is 0 Å². The summed E-state index contributed by atoms with van der Waals surface area (Å²) in [5.74, 6) is -1.26. The van der Waals surface area contributed by atoms with Crippen LogP contribution in [0, 0.1) is 0 Å². The number of H-pyrrole nitrogens is 1. The van der Waals surface area contributed by atoms with Crippen LogP contribution in [0.2, 0.25) is 0 Å². The molecule has 8 rings (SSSR count). The van der Waals surface area contributed by atoms with E-state index in [-0.39, 0.29) is 37.7 Å². The number of hydrogen-bond donors (Lipinski definition) is 3. The second-order valence-corrected chi connectivity index (χ2v) is 16.0. The maximum Gasteiger partial charge on any atom is 0.416 e. The lowest BCUT2D eigenvalue weighted by Crippen LogP contribution is -2.66. The zero-order valence-electron chi connectivity index (χ0n) is 32.7. The number of hydrogen-bond acceptors (Lipinski definition) is 8. The van der Waals surface area contributed by atoms with Gasteiger partial charge in [-0.3, -0.25) is 14.5 Å². The van der Waals surface area contributed by atoms with Gasteiger partial charge >= 0.3 is 18.2 Å². The van der Waals surface area contributed by atoms with Gasteiger partial charge in [0.2, 0.25) is 11.8 Å². The Kier molecular flexibility index (Phi) is 9.92. The second kappa shape index (κ2) is 15.0. The van der Waals surface area contributed by atoms with E-state index in [2.05, 4.69) is 15.6 Å². The molecule has 3 N–H and O–H groups in total. The number of carbonyl (C=O) groups excluding carboxylic acids is 5.